The van der Waals surface area contributed by atoms with Gasteiger partial charge in [0, 0.05) is 6.92 Å². The monoisotopic (exact) mass is 145 g/mol. The summed E-state index contributed by atoms with van der Waals surface area (Å²) in [4.78, 5) is 22.3. The Kier molecular flexibility index (Phi) is 2.09. The van der Waals surface area contributed by atoms with Crippen molar-refractivity contribution in [3.63, 3.8) is 0 Å². The number of hydrogen-bond donors (Lipinski definition) is 0. The Morgan fingerprint density at radius 1 is 1.80 bits per heavy atom. The lowest BCUT2D eigenvalue weighted by Crippen LogP contribution is -2.08. The minimum absolute atomic E-state index is 0.0233. The van der Waals surface area contributed by atoms with Crippen molar-refractivity contribution in [3.05, 3.63) is 0 Å². The molecule has 0 N–H and O–H groups in total. The first-order valence-electron chi connectivity index (χ1n) is 2.81. The van der Waals surface area contributed by atoms with Crippen LogP contribution in [0.2, 0.25) is 0 Å². The molecule has 0 spiro atoms. The molecule has 0 saturated heterocycles. The van der Waals surface area contributed by atoms with Crippen molar-refractivity contribution in [3.8, 4) is 0 Å². The van der Waals surface area contributed by atoms with E-state index in [0.717, 1.165) is 0 Å². The molecule has 10 heavy (non-hydrogen) atoms. The minimum Gasteiger partial charge on any atom is -0.446 e. The number of rotatable bonds is 0. The summed E-state index contributed by atoms with van der Waals surface area (Å²) in [6.45, 7) is 2.27. The SMILES string of the molecule is CC(=O)OOC1=NCCO1. The molecule has 0 radical (unpaired) electrons. The Balaban J connectivity index is 2.19. The maximum absolute atomic E-state index is 10.1. The molecule has 0 aromatic heterocycles. The second kappa shape index (κ2) is 3.05. The highest BCUT2D eigenvalue weighted by Crippen LogP contribution is 1.95. The van der Waals surface area contributed by atoms with Crippen molar-refractivity contribution in [1.82, 2.24) is 0 Å². The van der Waals surface area contributed by atoms with E-state index in [0.29, 0.717) is 13.2 Å². The van der Waals surface area contributed by atoms with Crippen molar-refractivity contribution < 1.29 is 19.3 Å². The van der Waals surface area contributed by atoms with Crippen molar-refractivity contribution >= 4 is 12.1 Å². The summed E-state index contributed by atoms with van der Waals surface area (Å²) in [5, 5.41) is 0. The van der Waals surface area contributed by atoms with Crippen LogP contribution in [0.4, 0.5) is 0 Å². The van der Waals surface area contributed by atoms with Gasteiger partial charge in [-0.15, -0.1) is 0 Å². The lowest BCUT2D eigenvalue weighted by atomic mass is 10.8. The molecular formula is C5H7NO4. The van der Waals surface area contributed by atoms with Gasteiger partial charge in [0.2, 0.25) is 0 Å². The van der Waals surface area contributed by atoms with E-state index in [1.165, 1.54) is 6.92 Å². The topological polar surface area (TPSA) is 57.1 Å². The summed E-state index contributed by atoms with van der Waals surface area (Å²) in [6.07, 6.45) is 0.0233. The molecular weight excluding hydrogens is 138 g/mol. The maximum atomic E-state index is 10.1. The zero-order valence-electron chi connectivity index (χ0n) is 5.49. The lowest BCUT2D eigenvalue weighted by Gasteiger charge is -1.98. The average Bonchev–Trinajstić information content (AvgIpc) is 2.34. The van der Waals surface area contributed by atoms with E-state index in [4.69, 9.17) is 4.74 Å². The molecule has 5 nitrogen and oxygen atoms in total. The van der Waals surface area contributed by atoms with Gasteiger partial charge in [0.05, 0.1) is 6.54 Å². The van der Waals surface area contributed by atoms with Crippen LogP contribution < -0.4 is 0 Å². The molecule has 0 saturated carbocycles. The van der Waals surface area contributed by atoms with E-state index < -0.39 is 5.97 Å². The summed E-state index contributed by atoms with van der Waals surface area (Å²) in [7, 11) is 0. The van der Waals surface area contributed by atoms with Crippen LogP contribution in [0, 0.1) is 0 Å². The quantitative estimate of drug-likeness (QED) is 0.352. The lowest BCUT2D eigenvalue weighted by molar-refractivity contribution is -0.228. The Bertz CT molecular complexity index is 165. The number of hydrogen-bond acceptors (Lipinski definition) is 5. The average molecular weight is 145 g/mol. The first-order valence-corrected chi connectivity index (χ1v) is 2.81. The molecule has 1 aliphatic rings. The van der Waals surface area contributed by atoms with Crippen LogP contribution in [0.1, 0.15) is 6.92 Å². The summed E-state index contributed by atoms with van der Waals surface area (Å²) >= 11 is 0. The van der Waals surface area contributed by atoms with E-state index in [1.807, 2.05) is 0 Å². The largest absolute Gasteiger partial charge is 0.446 e. The third kappa shape index (κ3) is 1.93. The van der Waals surface area contributed by atoms with Gasteiger partial charge in [-0.2, -0.15) is 0 Å². The summed E-state index contributed by atoms with van der Waals surface area (Å²) in [6, 6.07) is 0. The van der Waals surface area contributed by atoms with Gasteiger partial charge >= 0.3 is 12.1 Å². The Hall–Kier alpha value is -1.26. The van der Waals surface area contributed by atoms with Crippen LogP contribution in [0.5, 0.6) is 0 Å². The molecule has 1 aliphatic heterocycles. The van der Waals surface area contributed by atoms with Crippen molar-refractivity contribution in [2.24, 2.45) is 4.99 Å². The number of carbonyl (C=O) groups excluding carboxylic acids is 1. The summed E-state index contributed by atoms with van der Waals surface area (Å²) in [5.74, 6) is -0.529. The van der Waals surface area contributed by atoms with Crippen LogP contribution >= 0.6 is 0 Å². The Morgan fingerprint density at radius 3 is 3.10 bits per heavy atom. The molecule has 0 unspecified atom stereocenters. The summed E-state index contributed by atoms with van der Waals surface area (Å²) in [5.41, 5.74) is 0. The van der Waals surface area contributed by atoms with Gasteiger partial charge in [-0.05, 0) is 0 Å². The molecule has 5 heteroatoms. The third-order valence-corrected chi connectivity index (χ3v) is 0.788. The van der Waals surface area contributed by atoms with Gasteiger partial charge in [-0.1, -0.05) is 0 Å². The first kappa shape index (κ1) is 6.85. The van der Waals surface area contributed by atoms with E-state index in [1.54, 1.807) is 0 Å². The van der Waals surface area contributed by atoms with Crippen molar-refractivity contribution in [2.45, 2.75) is 6.92 Å². The zero-order chi connectivity index (χ0) is 7.40. The third-order valence-electron chi connectivity index (χ3n) is 0.788. The molecule has 0 atom stereocenters. The second-order valence-corrected chi connectivity index (χ2v) is 1.65. The van der Waals surface area contributed by atoms with Crippen LogP contribution in [0.3, 0.4) is 0 Å². The molecule has 1 heterocycles. The standard InChI is InChI=1S/C5H7NO4/c1-4(7)9-10-5-6-2-3-8-5/h2-3H2,1H3. The van der Waals surface area contributed by atoms with E-state index in [2.05, 4.69) is 14.8 Å². The zero-order valence-corrected chi connectivity index (χ0v) is 5.49. The van der Waals surface area contributed by atoms with Gasteiger partial charge < -0.3 is 4.74 Å². The van der Waals surface area contributed by atoms with Gasteiger partial charge in [-0.25, -0.2) is 19.6 Å². The smallest absolute Gasteiger partial charge is 0.429 e. The number of carbonyl (C=O) groups is 1. The fraction of sp³-hybridized carbons (Fsp3) is 0.600. The molecule has 0 fully saturated rings. The molecule has 0 aliphatic carbocycles. The molecule has 0 amide bonds. The number of aliphatic imine (C=N–C) groups is 1. The first-order chi connectivity index (χ1) is 4.79. The Morgan fingerprint density at radius 2 is 2.60 bits per heavy atom. The molecule has 0 bridgehead atoms. The van der Waals surface area contributed by atoms with Crippen LogP contribution in [-0.2, 0) is 19.3 Å². The van der Waals surface area contributed by atoms with Gasteiger partial charge in [0.1, 0.15) is 6.61 Å². The highest BCUT2D eigenvalue weighted by Gasteiger charge is 2.10. The summed E-state index contributed by atoms with van der Waals surface area (Å²) < 4.78 is 4.75. The van der Waals surface area contributed by atoms with E-state index in [-0.39, 0.29) is 6.08 Å². The highest BCUT2D eigenvalue weighted by atomic mass is 17.2. The Labute approximate surface area is 57.5 Å². The fourth-order valence-electron chi connectivity index (χ4n) is 0.460. The molecule has 56 valence electrons. The van der Waals surface area contributed by atoms with E-state index >= 15 is 0 Å². The molecule has 0 aromatic rings. The van der Waals surface area contributed by atoms with Gasteiger partial charge in [0.25, 0.3) is 0 Å². The predicted molar refractivity (Wildman–Crippen MR) is 31.1 cm³/mol. The fourth-order valence-corrected chi connectivity index (χ4v) is 0.460. The maximum Gasteiger partial charge on any atom is 0.429 e. The van der Waals surface area contributed by atoms with Crippen molar-refractivity contribution in [1.29, 1.82) is 0 Å². The second-order valence-electron chi connectivity index (χ2n) is 1.65. The number of ether oxygens (including phenoxy) is 1. The highest BCUT2D eigenvalue weighted by molar-refractivity contribution is 5.70. The predicted octanol–water partition coefficient (Wildman–Crippen LogP) is -0.133. The normalized spacial score (nSPS) is 15.5. The minimum atomic E-state index is -0.529. The van der Waals surface area contributed by atoms with Crippen LogP contribution in [0.25, 0.3) is 0 Å². The van der Waals surface area contributed by atoms with Gasteiger partial charge in [0.15, 0.2) is 0 Å². The number of nitrogens with zero attached hydrogens (tertiary/aromatic N) is 1. The molecule has 1 rings (SSSR count). The van der Waals surface area contributed by atoms with E-state index in [9.17, 15) is 4.79 Å². The van der Waals surface area contributed by atoms with Gasteiger partial charge in [-0.3, -0.25) is 0 Å². The van der Waals surface area contributed by atoms with Crippen LogP contribution in [-0.4, -0.2) is 25.2 Å². The molecule has 0 aromatic carbocycles. The van der Waals surface area contributed by atoms with Crippen LogP contribution in [0.15, 0.2) is 4.99 Å². The van der Waals surface area contributed by atoms with Crippen molar-refractivity contribution in [2.75, 3.05) is 13.2 Å².